The highest BCUT2D eigenvalue weighted by atomic mass is 16.5. The molecule has 1 aliphatic carbocycles. The zero-order valence-corrected chi connectivity index (χ0v) is 15.9. The molecule has 25 heavy (non-hydrogen) atoms. The molecule has 4 nitrogen and oxygen atoms in total. The van der Waals surface area contributed by atoms with Crippen molar-refractivity contribution >= 4 is 17.0 Å². The lowest BCUT2D eigenvalue weighted by Crippen LogP contribution is -2.36. The van der Waals surface area contributed by atoms with Crippen LogP contribution in [-0.2, 0) is 22.5 Å². The first-order chi connectivity index (χ1) is 12.0. The molecule has 0 radical (unpaired) electrons. The Labute approximate surface area is 150 Å². The van der Waals surface area contributed by atoms with Crippen LogP contribution >= 0.6 is 0 Å². The topological polar surface area (TPSA) is 44.1 Å². The zero-order chi connectivity index (χ0) is 18.0. The highest BCUT2D eigenvalue weighted by Crippen LogP contribution is 2.35. The molecule has 1 saturated carbocycles. The van der Waals surface area contributed by atoms with Crippen LogP contribution in [0.5, 0.6) is 0 Å². The van der Waals surface area contributed by atoms with Gasteiger partial charge in [-0.1, -0.05) is 46.2 Å². The number of hydrogen-bond acceptors (Lipinski definition) is 3. The van der Waals surface area contributed by atoms with Gasteiger partial charge in [-0.3, -0.25) is 4.79 Å². The lowest BCUT2D eigenvalue weighted by atomic mass is 9.75. The molecule has 136 valence electrons. The summed E-state index contributed by atoms with van der Waals surface area (Å²) in [7, 11) is 0. The molecule has 0 amide bonds. The van der Waals surface area contributed by atoms with Gasteiger partial charge >= 0.3 is 5.97 Å². The molecular weight excluding hydrogens is 312 g/mol. The Morgan fingerprint density at radius 3 is 2.80 bits per heavy atom. The van der Waals surface area contributed by atoms with Gasteiger partial charge in [0.25, 0.3) is 0 Å². The van der Waals surface area contributed by atoms with Crippen molar-refractivity contribution in [1.82, 2.24) is 9.55 Å². The van der Waals surface area contributed by atoms with Crippen molar-refractivity contribution in [2.24, 2.45) is 17.8 Å². The summed E-state index contributed by atoms with van der Waals surface area (Å²) in [6.07, 6.45) is 4.24. The van der Waals surface area contributed by atoms with Gasteiger partial charge < -0.3 is 9.30 Å². The number of carbonyl (C=O) groups excluding carboxylic acids is 1. The van der Waals surface area contributed by atoms with Crippen LogP contribution in [0.25, 0.3) is 11.0 Å². The van der Waals surface area contributed by atoms with E-state index in [0.29, 0.717) is 17.8 Å². The van der Waals surface area contributed by atoms with Gasteiger partial charge in [-0.25, -0.2) is 4.98 Å². The second kappa shape index (κ2) is 7.59. The Hall–Kier alpha value is -1.84. The molecule has 1 heterocycles. The van der Waals surface area contributed by atoms with Crippen LogP contribution in [0.1, 0.15) is 52.8 Å². The second-order valence-electron chi connectivity index (χ2n) is 7.81. The number of para-hydroxylation sites is 2. The maximum absolute atomic E-state index is 12.7. The molecule has 1 aromatic heterocycles. The molecular formula is C21H30N2O2. The quantitative estimate of drug-likeness (QED) is 0.746. The van der Waals surface area contributed by atoms with E-state index in [0.717, 1.165) is 36.1 Å². The molecule has 1 aliphatic rings. The van der Waals surface area contributed by atoms with Gasteiger partial charge in [0.05, 0.1) is 11.0 Å². The van der Waals surface area contributed by atoms with E-state index >= 15 is 0 Å². The lowest BCUT2D eigenvalue weighted by Gasteiger charge is -2.36. The number of imidazole rings is 1. The van der Waals surface area contributed by atoms with Crippen LogP contribution in [0.3, 0.4) is 0 Å². The van der Waals surface area contributed by atoms with Crippen LogP contribution in [0.4, 0.5) is 0 Å². The molecule has 0 aliphatic heterocycles. The smallest absolute Gasteiger partial charge is 0.326 e. The number of aryl methyl sites for hydroxylation is 1. The van der Waals surface area contributed by atoms with E-state index in [4.69, 9.17) is 4.74 Å². The maximum Gasteiger partial charge on any atom is 0.326 e. The first-order valence-corrected chi connectivity index (χ1v) is 9.63. The predicted octanol–water partition coefficient (Wildman–Crippen LogP) is 4.60. The molecule has 0 saturated heterocycles. The highest BCUT2D eigenvalue weighted by Gasteiger charge is 2.33. The number of esters is 1. The minimum Gasteiger partial charge on any atom is -0.461 e. The number of benzene rings is 1. The number of aromatic nitrogens is 2. The molecule has 2 aromatic rings. The van der Waals surface area contributed by atoms with Crippen LogP contribution in [0.15, 0.2) is 24.3 Å². The normalized spacial score (nSPS) is 24.0. The van der Waals surface area contributed by atoms with E-state index in [1.807, 2.05) is 28.8 Å². The summed E-state index contributed by atoms with van der Waals surface area (Å²) in [5, 5.41) is 0. The standard InChI is InChI=1S/C21H30N2O2/c1-5-20-22-17-8-6-7-9-18(17)23(20)13-21(24)25-19-12-15(4)10-11-16(19)14(2)3/h6-9,14-16,19H,5,10-13H2,1-4H3/t15-,16?,19-/m1/s1. The van der Waals surface area contributed by atoms with Crippen molar-refractivity contribution in [3.63, 3.8) is 0 Å². The number of hydrogen-bond donors (Lipinski definition) is 0. The fourth-order valence-corrected chi connectivity index (χ4v) is 4.16. The Morgan fingerprint density at radius 1 is 1.32 bits per heavy atom. The number of carbonyl (C=O) groups is 1. The Kier molecular flexibility index (Phi) is 5.45. The van der Waals surface area contributed by atoms with Crippen molar-refractivity contribution in [2.45, 2.75) is 66.0 Å². The monoisotopic (exact) mass is 342 g/mol. The van der Waals surface area contributed by atoms with Crippen LogP contribution in [-0.4, -0.2) is 21.6 Å². The van der Waals surface area contributed by atoms with Crippen molar-refractivity contribution in [2.75, 3.05) is 0 Å². The summed E-state index contributed by atoms with van der Waals surface area (Å²) in [6.45, 7) is 9.05. The number of nitrogens with zero attached hydrogens (tertiary/aromatic N) is 2. The molecule has 3 atom stereocenters. The SMILES string of the molecule is CCc1nc2ccccc2n1CC(=O)O[C@@H]1C[C@H](C)CCC1C(C)C. The fraction of sp³-hybridized carbons (Fsp3) is 0.619. The van der Waals surface area contributed by atoms with E-state index < -0.39 is 0 Å². The summed E-state index contributed by atoms with van der Waals surface area (Å²) in [6, 6.07) is 7.99. The second-order valence-corrected chi connectivity index (χ2v) is 7.81. The largest absolute Gasteiger partial charge is 0.461 e. The number of rotatable bonds is 5. The summed E-state index contributed by atoms with van der Waals surface area (Å²) in [5.74, 6) is 2.46. The van der Waals surface area contributed by atoms with Crippen molar-refractivity contribution in [3.05, 3.63) is 30.1 Å². The molecule has 0 N–H and O–H groups in total. The molecule has 1 unspecified atom stereocenters. The molecule has 4 heteroatoms. The predicted molar refractivity (Wildman–Crippen MR) is 100 cm³/mol. The lowest BCUT2D eigenvalue weighted by molar-refractivity contribution is -0.156. The minimum absolute atomic E-state index is 0.0520. The van der Waals surface area contributed by atoms with Gasteiger partial charge in [0.1, 0.15) is 18.5 Å². The minimum atomic E-state index is -0.136. The third-order valence-electron chi connectivity index (χ3n) is 5.58. The first-order valence-electron chi connectivity index (χ1n) is 9.63. The summed E-state index contributed by atoms with van der Waals surface area (Å²) in [4.78, 5) is 17.3. The summed E-state index contributed by atoms with van der Waals surface area (Å²) >= 11 is 0. The zero-order valence-electron chi connectivity index (χ0n) is 15.9. The third kappa shape index (κ3) is 3.88. The fourth-order valence-electron chi connectivity index (χ4n) is 4.16. The molecule has 0 spiro atoms. The molecule has 1 aromatic carbocycles. The number of ether oxygens (including phenoxy) is 1. The molecule has 1 fully saturated rings. The third-order valence-corrected chi connectivity index (χ3v) is 5.58. The van der Waals surface area contributed by atoms with E-state index in [-0.39, 0.29) is 18.6 Å². The summed E-state index contributed by atoms with van der Waals surface area (Å²) < 4.78 is 7.98. The Morgan fingerprint density at radius 2 is 2.08 bits per heavy atom. The Bertz CT molecular complexity index is 735. The average molecular weight is 342 g/mol. The van der Waals surface area contributed by atoms with Gasteiger partial charge in [0, 0.05) is 6.42 Å². The highest BCUT2D eigenvalue weighted by molar-refractivity contribution is 5.79. The Balaban J connectivity index is 1.76. The van der Waals surface area contributed by atoms with Gasteiger partial charge in [-0.2, -0.15) is 0 Å². The van der Waals surface area contributed by atoms with E-state index in [1.165, 1.54) is 6.42 Å². The van der Waals surface area contributed by atoms with E-state index in [1.54, 1.807) is 0 Å². The molecule has 3 rings (SSSR count). The van der Waals surface area contributed by atoms with Gasteiger partial charge in [0.2, 0.25) is 0 Å². The van der Waals surface area contributed by atoms with Gasteiger partial charge in [-0.15, -0.1) is 0 Å². The average Bonchev–Trinajstić information content (AvgIpc) is 2.92. The van der Waals surface area contributed by atoms with E-state index in [9.17, 15) is 4.79 Å². The van der Waals surface area contributed by atoms with Crippen molar-refractivity contribution in [1.29, 1.82) is 0 Å². The summed E-state index contributed by atoms with van der Waals surface area (Å²) in [5.41, 5.74) is 1.95. The molecule has 0 bridgehead atoms. The van der Waals surface area contributed by atoms with E-state index in [2.05, 4.69) is 32.7 Å². The van der Waals surface area contributed by atoms with Crippen molar-refractivity contribution < 1.29 is 9.53 Å². The van der Waals surface area contributed by atoms with Crippen LogP contribution < -0.4 is 0 Å². The van der Waals surface area contributed by atoms with Crippen LogP contribution in [0.2, 0.25) is 0 Å². The van der Waals surface area contributed by atoms with Gasteiger partial charge in [0.15, 0.2) is 0 Å². The van der Waals surface area contributed by atoms with Crippen molar-refractivity contribution in [3.8, 4) is 0 Å². The number of fused-ring (bicyclic) bond motifs is 1. The van der Waals surface area contributed by atoms with Crippen LogP contribution in [0, 0.1) is 17.8 Å². The first kappa shape index (κ1) is 18.0. The van der Waals surface area contributed by atoms with Gasteiger partial charge in [-0.05, 0) is 42.7 Å². The maximum atomic E-state index is 12.7.